The third-order valence-corrected chi connectivity index (χ3v) is 2.46. The average molecular weight is 265 g/mol. The van der Waals surface area contributed by atoms with Crippen molar-refractivity contribution in [2.24, 2.45) is 0 Å². The van der Waals surface area contributed by atoms with Gasteiger partial charge in [0.1, 0.15) is 0 Å². The Bertz CT molecular complexity index is 324. The van der Waals surface area contributed by atoms with Crippen LogP contribution in [0.1, 0.15) is 11.1 Å². The molecule has 0 fully saturated rings. The average Bonchev–Trinajstić information content (AvgIpc) is 2.15. The summed E-state index contributed by atoms with van der Waals surface area (Å²) in [5.41, 5.74) is 0.845. The molecule has 14 heavy (non-hydrogen) atoms. The highest BCUT2D eigenvalue weighted by molar-refractivity contribution is 9.09. The lowest BCUT2D eigenvalue weighted by Gasteiger charge is -2.07. The van der Waals surface area contributed by atoms with E-state index in [0.29, 0.717) is 5.33 Å². The van der Waals surface area contributed by atoms with E-state index in [1.165, 1.54) is 12.1 Å². The van der Waals surface area contributed by atoms with Gasteiger partial charge in [-0.25, -0.2) is 0 Å². The van der Waals surface area contributed by atoms with Gasteiger partial charge in [0.15, 0.2) is 0 Å². The predicted molar refractivity (Wildman–Crippen MR) is 54.3 cm³/mol. The number of hydrogen-bond acceptors (Lipinski definition) is 0. The lowest BCUT2D eigenvalue weighted by Crippen LogP contribution is -2.04. The third-order valence-electron chi connectivity index (χ3n) is 1.78. The van der Waals surface area contributed by atoms with Gasteiger partial charge in [-0.1, -0.05) is 34.6 Å². The molecule has 76 valence electrons. The van der Waals surface area contributed by atoms with Gasteiger partial charge in [-0.15, -0.1) is 0 Å². The summed E-state index contributed by atoms with van der Waals surface area (Å²) in [5.74, 6) is 0. The van der Waals surface area contributed by atoms with Crippen LogP contribution >= 0.6 is 15.9 Å². The topological polar surface area (TPSA) is 0 Å². The summed E-state index contributed by atoms with van der Waals surface area (Å²) in [4.78, 5) is 0. The Balaban J connectivity index is 2.95. The summed E-state index contributed by atoms with van der Waals surface area (Å²) in [6.45, 7) is 3.71. The Hall–Kier alpha value is -0.770. The van der Waals surface area contributed by atoms with Gasteiger partial charge in [0, 0.05) is 5.33 Å². The fraction of sp³-hybridized carbons (Fsp3) is 0.200. The predicted octanol–water partition coefficient (Wildman–Crippen LogP) is 4.11. The van der Waals surface area contributed by atoms with Gasteiger partial charge in [-0.05, 0) is 23.3 Å². The highest BCUT2D eigenvalue weighted by Gasteiger charge is 2.29. The van der Waals surface area contributed by atoms with Gasteiger partial charge in [-0.3, -0.25) is 0 Å². The lowest BCUT2D eigenvalue weighted by atomic mass is 10.1. The largest absolute Gasteiger partial charge is 0.416 e. The van der Waals surface area contributed by atoms with E-state index in [-0.39, 0.29) is 0 Å². The molecule has 1 aromatic carbocycles. The standard InChI is InChI=1S/C10H8BrF3/c1-7(6-11)8-2-4-9(5-3-8)10(12,13)14/h2-5H,1,6H2. The van der Waals surface area contributed by atoms with Gasteiger partial charge < -0.3 is 0 Å². The molecule has 1 aromatic rings. The zero-order valence-electron chi connectivity index (χ0n) is 7.24. The molecular weight excluding hydrogens is 257 g/mol. The molecule has 0 aliphatic heterocycles. The van der Waals surface area contributed by atoms with Gasteiger partial charge in [-0.2, -0.15) is 13.2 Å². The summed E-state index contributed by atoms with van der Waals surface area (Å²) in [5, 5.41) is 0.554. The smallest absolute Gasteiger partial charge is 0.166 e. The van der Waals surface area contributed by atoms with E-state index in [2.05, 4.69) is 22.5 Å². The van der Waals surface area contributed by atoms with Crippen molar-refractivity contribution in [2.45, 2.75) is 6.18 Å². The lowest BCUT2D eigenvalue weighted by molar-refractivity contribution is -0.137. The fourth-order valence-electron chi connectivity index (χ4n) is 0.972. The summed E-state index contributed by atoms with van der Waals surface area (Å²) in [6, 6.07) is 4.96. The number of allylic oxidation sites excluding steroid dienone is 1. The van der Waals surface area contributed by atoms with Crippen molar-refractivity contribution in [3.8, 4) is 0 Å². The maximum absolute atomic E-state index is 12.2. The first-order valence-corrected chi connectivity index (χ1v) is 4.98. The van der Waals surface area contributed by atoms with Gasteiger partial charge in [0.25, 0.3) is 0 Å². The Kier molecular flexibility index (Phi) is 3.37. The molecule has 0 unspecified atom stereocenters. The van der Waals surface area contributed by atoms with Crippen molar-refractivity contribution < 1.29 is 13.2 Å². The van der Waals surface area contributed by atoms with Gasteiger partial charge in [0.2, 0.25) is 0 Å². The first-order chi connectivity index (χ1) is 6.45. The molecule has 0 radical (unpaired) electrons. The maximum Gasteiger partial charge on any atom is 0.416 e. The van der Waals surface area contributed by atoms with Crippen molar-refractivity contribution in [3.05, 3.63) is 42.0 Å². The molecule has 0 nitrogen and oxygen atoms in total. The molecule has 0 aromatic heterocycles. The third kappa shape index (κ3) is 2.61. The zero-order valence-corrected chi connectivity index (χ0v) is 8.82. The van der Waals surface area contributed by atoms with E-state index in [1.807, 2.05) is 0 Å². The maximum atomic E-state index is 12.2. The number of alkyl halides is 4. The highest BCUT2D eigenvalue weighted by atomic mass is 79.9. The van der Waals surface area contributed by atoms with E-state index in [9.17, 15) is 13.2 Å². The number of benzene rings is 1. The van der Waals surface area contributed by atoms with Crippen molar-refractivity contribution >= 4 is 21.5 Å². The molecule has 0 aliphatic carbocycles. The second-order valence-corrected chi connectivity index (χ2v) is 3.37. The van der Waals surface area contributed by atoms with Crippen LogP contribution in [0.4, 0.5) is 13.2 Å². The van der Waals surface area contributed by atoms with Crippen molar-refractivity contribution in [1.82, 2.24) is 0 Å². The first kappa shape index (κ1) is 11.3. The van der Waals surface area contributed by atoms with Gasteiger partial charge >= 0.3 is 6.18 Å². The molecule has 0 heterocycles. The Morgan fingerprint density at radius 2 is 1.71 bits per heavy atom. The van der Waals surface area contributed by atoms with Crippen molar-refractivity contribution in [2.75, 3.05) is 5.33 Å². The van der Waals surface area contributed by atoms with Crippen LogP contribution in [0, 0.1) is 0 Å². The second kappa shape index (κ2) is 4.17. The molecule has 0 spiro atoms. The number of rotatable bonds is 2. The van der Waals surface area contributed by atoms with Crippen molar-refractivity contribution in [3.63, 3.8) is 0 Å². The van der Waals surface area contributed by atoms with E-state index in [0.717, 1.165) is 23.3 Å². The summed E-state index contributed by atoms with van der Waals surface area (Å²) >= 11 is 3.19. The monoisotopic (exact) mass is 264 g/mol. The molecule has 0 amide bonds. The molecule has 0 atom stereocenters. The van der Waals surface area contributed by atoms with E-state index < -0.39 is 11.7 Å². The molecule has 1 rings (SSSR count). The summed E-state index contributed by atoms with van der Waals surface area (Å²) in [6.07, 6.45) is -4.27. The van der Waals surface area contributed by atoms with Crippen LogP contribution in [0.5, 0.6) is 0 Å². The van der Waals surface area contributed by atoms with Crippen LogP contribution in [0.2, 0.25) is 0 Å². The van der Waals surface area contributed by atoms with Crippen LogP contribution < -0.4 is 0 Å². The fourth-order valence-corrected chi connectivity index (χ4v) is 1.30. The van der Waals surface area contributed by atoms with E-state index >= 15 is 0 Å². The zero-order chi connectivity index (χ0) is 10.8. The quantitative estimate of drug-likeness (QED) is 0.706. The summed E-state index contributed by atoms with van der Waals surface area (Å²) in [7, 11) is 0. The van der Waals surface area contributed by atoms with Crippen LogP contribution in [-0.4, -0.2) is 5.33 Å². The van der Waals surface area contributed by atoms with E-state index in [4.69, 9.17) is 0 Å². The molecule has 0 aliphatic rings. The first-order valence-electron chi connectivity index (χ1n) is 3.86. The van der Waals surface area contributed by atoms with Gasteiger partial charge in [0.05, 0.1) is 5.56 Å². The Morgan fingerprint density at radius 3 is 2.07 bits per heavy atom. The minimum absolute atomic E-state index is 0.554. The summed E-state index contributed by atoms with van der Waals surface area (Å²) < 4.78 is 36.5. The Morgan fingerprint density at radius 1 is 1.21 bits per heavy atom. The molecule has 4 heteroatoms. The highest BCUT2D eigenvalue weighted by Crippen LogP contribution is 2.29. The van der Waals surface area contributed by atoms with Crippen LogP contribution in [0.3, 0.4) is 0 Å². The van der Waals surface area contributed by atoms with Crippen molar-refractivity contribution in [1.29, 1.82) is 0 Å². The SMILES string of the molecule is C=C(CBr)c1ccc(C(F)(F)F)cc1. The normalized spacial score (nSPS) is 11.4. The van der Waals surface area contributed by atoms with Crippen LogP contribution in [-0.2, 0) is 6.18 Å². The molecule has 0 N–H and O–H groups in total. The molecular formula is C10H8BrF3. The molecule has 0 saturated carbocycles. The Labute approximate surface area is 88.6 Å². The molecule has 0 saturated heterocycles. The van der Waals surface area contributed by atoms with E-state index in [1.54, 1.807) is 0 Å². The van der Waals surface area contributed by atoms with Crippen LogP contribution in [0.25, 0.3) is 5.57 Å². The minimum atomic E-state index is -4.27. The number of hydrogen-bond donors (Lipinski definition) is 0. The molecule has 0 bridgehead atoms. The number of halogens is 4. The van der Waals surface area contributed by atoms with Crippen LogP contribution in [0.15, 0.2) is 30.8 Å². The minimum Gasteiger partial charge on any atom is -0.166 e. The second-order valence-electron chi connectivity index (χ2n) is 2.81.